The summed E-state index contributed by atoms with van der Waals surface area (Å²) in [4.78, 5) is 0. The fraction of sp³-hybridized carbons (Fsp3) is 1.00. The van der Waals surface area contributed by atoms with Crippen molar-refractivity contribution in [3.05, 3.63) is 0 Å². The molecule has 1 unspecified atom stereocenters. The Bertz CT molecular complexity index is 161. The van der Waals surface area contributed by atoms with Crippen LogP contribution in [-0.2, 0) is 4.74 Å². The standard InChI is InChI=1S/C14H31NO/c1-12(2)7-9-16-10-8-13(3)11-15-14(4,5)6/h12-13,15H,7-11H2,1-6H3. The molecule has 1 N–H and O–H groups in total. The van der Waals surface area contributed by atoms with E-state index in [-0.39, 0.29) is 5.54 Å². The highest BCUT2D eigenvalue weighted by atomic mass is 16.5. The lowest BCUT2D eigenvalue weighted by atomic mass is 10.0. The molecule has 1 atom stereocenters. The second-order valence-corrected chi connectivity index (χ2v) is 6.32. The first kappa shape index (κ1) is 15.9. The van der Waals surface area contributed by atoms with E-state index >= 15 is 0 Å². The number of rotatable bonds is 8. The summed E-state index contributed by atoms with van der Waals surface area (Å²) in [5, 5.41) is 3.53. The first-order chi connectivity index (χ1) is 7.31. The van der Waals surface area contributed by atoms with Gasteiger partial charge in [0.1, 0.15) is 0 Å². The Morgan fingerprint density at radius 2 is 1.56 bits per heavy atom. The summed E-state index contributed by atoms with van der Waals surface area (Å²) < 4.78 is 5.62. The fourth-order valence-electron chi connectivity index (χ4n) is 1.29. The van der Waals surface area contributed by atoms with Crippen molar-refractivity contribution in [3.8, 4) is 0 Å². The SMILES string of the molecule is CC(C)CCOCCC(C)CNC(C)(C)C. The van der Waals surface area contributed by atoms with E-state index in [2.05, 4.69) is 46.9 Å². The van der Waals surface area contributed by atoms with Crippen LogP contribution in [0.2, 0.25) is 0 Å². The smallest absolute Gasteiger partial charge is 0.0469 e. The van der Waals surface area contributed by atoms with Crippen molar-refractivity contribution in [2.24, 2.45) is 11.8 Å². The summed E-state index contributed by atoms with van der Waals surface area (Å²) in [6, 6.07) is 0. The van der Waals surface area contributed by atoms with Crippen molar-refractivity contribution in [2.45, 2.75) is 59.9 Å². The molecule has 0 aliphatic heterocycles. The van der Waals surface area contributed by atoms with Gasteiger partial charge >= 0.3 is 0 Å². The quantitative estimate of drug-likeness (QED) is 0.644. The van der Waals surface area contributed by atoms with Crippen LogP contribution in [0.3, 0.4) is 0 Å². The van der Waals surface area contributed by atoms with Crippen LogP contribution in [0.1, 0.15) is 54.4 Å². The minimum atomic E-state index is 0.229. The van der Waals surface area contributed by atoms with Gasteiger partial charge in [-0.15, -0.1) is 0 Å². The van der Waals surface area contributed by atoms with E-state index in [1.807, 2.05) is 0 Å². The number of hydrogen-bond acceptors (Lipinski definition) is 2. The third-order valence-electron chi connectivity index (χ3n) is 2.58. The predicted octanol–water partition coefficient (Wildman–Crippen LogP) is 3.46. The molecule has 2 nitrogen and oxygen atoms in total. The lowest BCUT2D eigenvalue weighted by molar-refractivity contribution is 0.111. The molecule has 0 saturated heterocycles. The van der Waals surface area contributed by atoms with Gasteiger partial charge in [0.15, 0.2) is 0 Å². The van der Waals surface area contributed by atoms with Crippen molar-refractivity contribution in [1.82, 2.24) is 5.32 Å². The molecular formula is C14H31NO. The van der Waals surface area contributed by atoms with Crippen LogP contribution in [0.15, 0.2) is 0 Å². The number of nitrogens with one attached hydrogen (secondary N) is 1. The molecule has 0 aromatic carbocycles. The summed E-state index contributed by atoms with van der Waals surface area (Å²) in [6.07, 6.45) is 2.33. The zero-order valence-corrected chi connectivity index (χ0v) is 12.1. The van der Waals surface area contributed by atoms with Gasteiger partial charge in [0.2, 0.25) is 0 Å². The topological polar surface area (TPSA) is 21.3 Å². The Balaban J connectivity index is 3.34. The van der Waals surface area contributed by atoms with Crippen molar-refractivity contribution in [3.63, 3.8) is 0 Å². The average Bonchev–Trinajstić information content (AvgIpc) is 2.12. The van der Waals surface area contributed by atoms with E-state index in [9.17, 15) is 0 Å². The first-order valence-corrected chi connectivity index (χ1v) is 6.64. The third-order valence-corrected chi connectivity index (χ3v) is 2.58. The summed E-state index contributed by atoms with van der Waals surface area (Å²) in [5.74, 6) is 1.44. The van der Waals surface area contributed by atoms with Gasteiger partial charge in [-0.1, -0.05) is 20.8 Å². The van der Waals surface area contributed by atoms with E-state index < -0.39 is 0 Å². The molecule has 0 amide bonds. The largest absolute Gasteiger partial charge is 0.381 e. The van der Waals surface area contributed by atoms with E-state index in [4.69, 9.17) is 4.74 Å². The van der Waals surface area contributed by atoms with E-state index in [1.54, 1.807) is 0 Å². The van der Waals surface area contributed by atoms with E-state index in [0.29, 0.717) is 5.92 Å². The minimum absolute atomic E-state index is 0.229. The highest BCUT2D eigenvalue weighted by molar-refractivity contribution is 4.71. The Kier molecular flexibility index (Phi) is 8.04. The molecule has 0 aliphatic carbocycles. The van der Waals surface area contributed by atoms with Crippen LogP contribution in [0.5, 0.6) is 0 Å². The van der Waals surface area contributed by atoms with Gasteiger partial charge in [-0.25, -0.2) is 0 Å². The molecule has 16 heavy (non-hydrogen) atoms. The second kappa shape index (κ2) is 8.08. The van der Waals surface area contributed by atoms with Crippen molar-refractivity contribution < 1.29 is 4.74 Å². The molecule has 98 valence electrons. The van der Waals surface area contributed by atoms with Gasteiger partial charge in [0.25, 0.3) is 0 Å². The molecule has 0 bridgehead atoms. The van der Waals surface area contributed by atoms with Crippen molar-refractivity contribution >= 4 is 0 Å². The van der Waals surface area contributed by atoms with Crippen LogP contribution in [0.4, 0.5) is 0 Å². The fourth-order valence-corrected chi connectivity index (χ4v) is 1.29. The first-order valence-electron chi connectivity index (χ1n) is 6.64. The molecule has 0 fully saturated rings. The maximum Gasteiger partial charge on any atom is 0.0469 e. The van der Waals surface area contributed by atoms with Gasteiger partial charge < -0.3 is 10.1 Å². The van der Waals surface area contributed by atoms with Gasteiger partial charge in [-0.3, -0.25) is 0 Å². The predicted molar refractivity (Wildman–Crippen MR) is 71.8 cm³/mol. The molecule has 0 radical (unpaired) electrons. The van der Waals surface area contributed by atoms with Gasteiger partial charge in [-0.2, -0.15) is 0 Å². The zero-order chi connectivity index (χ0) is 12.6. The van der Waals surface area contributed by atoms with Gasteiger partial charge in [0.05, 0.1) is 0 Å². The van der Waals surface area contributed by atoms with Crippen LogP contribution in [0.25, 0.3) is 0 Å². The Hall–Kier alpha value is -0.0800. The van der Waals surface area contributed by atoms with Crippen molar-refractivity contribution in [2.75, 3.05) is 19.8 Å². The normalized spacial score (nSPS) is 14.4. The van der Waals surface area contributed by atoms with Gasteiger partial charge in [0, 0.05) is 18.8 Å². The molecule has 0 saturated carbocycles. The lowest BCUT2D eigenvalue weighted by Crippen LogP contribution is -2.38. The molecule has 0 spiro atoms. The Morgan fingerprint density at radius 3 is 2.06 bits per heavy atom. The van der Waals surface area contributed by atoms with Crippen LogP contribution in [0, 0.1) is 11.8 Å². The molecule has 0 aliphatic rings. The zero-order valence-electron chi connectivity index (χ0n) is 12.1. The Morgan fingerprint density at radius 1 is 1.00 bits per heavy atom. The van der Waals surface area contributed by atoms with Crippen LogP contribution in [-0.4, -0.2) is 25.3 Å². The van der Waals surface area contributed by atoms with Crippen LogP contribution < -0.4 is 5.32 Å². The van der Waals surface area contributed by atoms with Crippen molar-refractivity contribution in [1.29, 1.82) is 0 Å². The summed E-state index contributed by atoms with van der Waals surface area (Å²) in [7, 11) is 0. The highest BCUT2D eigenvalue weighted by Crippen LogP contribution is 2.06. The van der Waals surface area contributed by atoms with Crippen LogP contribution >= 0.6 is 0 Å². The lowest BCUT2D eigenvalue weighted by Gasteiger charge is -2.23. The van der Waals surface area contributed by atoms with Gasteiger partial charge in [-0.05, 0) is 52.0 Å². The molecule has 2 heteroatoms. The third kappa shape index (κ3) is 12.0. The van der Waals surface area contributed by atoms with E-state index in [0.717, 1.165) is 32.1 Å². The highest BCUT2D eigenvalue weighted by Gasteiger charge is 2.10. The molecule has 0 aromatic heterocycles. The Labute approximate surface area is 102 Å². The summed E-state index contributed by atoms with van der Waals surface area (Å²) in [6.45, 7) is 16.3. The summed E-state index contributed by atoms with van der Waals surface area (Å²) >= 11 is 0. The summed E-state index contributed by atoms with van der Waals surface area (Å²) in [5.41, 5.74) is 0.229. The molecule has 0 aromatic rings. The average molecular weight is 229 g/mol. The monoisotopic (exact) mass is 229 g/mol. The maximum absolute atomic E-state index is 5.62. The minimum Gasteiger partial charge on any atom is -0.381 e. The molecular weight excluding hydrogens is 198 g/mol. The second-order valence-electron chi connectivity index (χ2n) is 6.32. The van der Waals surface area contributed by atoms with E-state index in [1.165, 1.54) is 6.42 Å². The number of ether oxygens (including phenoxy) is 1. The maximum atomic E-state index is 5.62. The molecule has 0 heterocycles. The molecule has 0 rings (SSSR count). The number of hydrogen-bond donors (Lipinski definition) is 1.